The number of aliphatic carboxylic acids is 1. The lowest BCUT2D eigenvalue weighted by Gasteiger charge is -2.07. The van der Waals surface area contributed by atoms with E-state index in [9.17, 15) is 14.0 Å². The maximum atomic E-state index is 12.6. The third kappa shape index (κ3) is 7.30. The molecule has 1 rings (SSSR count). The lowest BCUT2D eigenvalue weighted by molar-refractivity contribution is -0.133. The van der Waals surface area contributed by atoms with E-state index in [2.05, 4.69) is 5.32 Å². The number of nitrogens with one attached hydrogen (secondary N) is 1. The predicted molar refractivity (Wildman–Crippen MR) is 69.9 cm³/mol. The Balaban J connectivity index is 2.08. The van der Waals surface area contributed by atoms with E-state index in [4.69, 9.17) is 9.84 Å². The molecule has 0 spiro atoms. The van der Waals surface area contributed by atoms with Gasteiger partial charge in [-0.25, -0.2) is 4.39 Å². The minimum absolute atomic E-state index is 0.0977. The fourth-order valence-electron chi connectivity index (χ4n) is 1.17. The van der Waals surface area contributed by atoms with Gasteiger partial charge in [-0.3, -0.25) is 9.59 Å². The van der Waals surface area contributed by atoms with Crippen molar-refractivity contribution < 1.29 is 23.8 Å². The second-order valence-electron chi connectivity index (χ2n) is 3.54. The summed E-state index contributed by atoms with van der Waals surface area (Å²) < 4.78 is 17.9. The van der Waals surface area contributed by atoms with Crippen LogP contribution >= 0.6 is 11.8 Å². The second-order valence-corrected chi connectivity index (χ2v) is 4.52. The van der Waals surface area contributed by atoms with E-state index in [1.54, 1.807) is 0 Å². The molecule has 0 aromatic heterocycles. The number of amides is 1. The van der Waals surface area contributed by atoms with Gasteiger partial charge in [-0.05, 0) is 24.3 Å². The van der Waals surface area contributed by atoms with Gasteiger partial charge in [0.25, 0.3) is 0 Å². The molecule has 0 bridgehead atoms. The van der Waals surface area contributed by atoms with E-state index < -0.39 is 5.97 Å². The number of carboxylic acid groups (broad SMARTS) is 1. The standard InChI is InChI=1S/C12H14FNO4S/c13-9-1-3-10(4-2-9)18-6-5-14-11(15)7-19-8-12(16)17/h1-4H,5-8H2,(H,14,15)(H,16,17). The highest BCUT2D eigenvalue weighted by molar-refractivity contribution is 8.00. The Hall–Kier alpha value is -1.76. The Kier molecular flexibility index (Phi) is 6.73. The Morgan fingerprint density at radius 2 is 1.95 bits per heavy atom. The first kappa shape index (κ1) is 15.3. The Morgan fingerprint density at radius 1 is 1.26 bits per heavy atom. The fourth-order valence-corrected chi connectivity index (χ4v) is 1.74. The summed E-state index contributed by atoms with van der Waals surface area (Å²) in [5.41, 5.74) is 0. The number of carbonyl (C=O) groups excluding carboxylic acids is 1. The van der Waals surface area contributed by atoms with Crippen molar-refractivity contribution in [3.05, 3.63) is 30.1 Å². The number of ether oxygens (including phenoxy) is 1. The van der Waals surface area contributed by atoms with Crippen LogP contribution in [0, 0.1) is 5.82 Å². The largest absolute Gasteiger partial charge is 0.492 e. The molecule has 7 heteroatoms. The first-order valence-electron chi connectivity index (χ1n) is 5.52. The molecular weight excluding hydrogens is 273 g/mol. The number of carboxylic acids is 1. The number of hydrogen-bond acceptors (Lipinski definition) is 4. The van der Waals surface area contributed by atoms with E-state index in [1.165, 1.54) is 24.3 Å². The first-order valence-corrected chi connectivity index (χ1v) is 6.68. The van der Waals surface area contributed by atoms with Crippen LogP contribution in [-0.4, -0.2) is 41.6 Å². The molecule has 0 aliphatic carbocycles. The average molecular weight is 287 g/mol. The summed E-state index contributed by atoms with van der Waals surface area (Å²) in [6.45, 7) is 0.574. The van der Waals surface area contributed by atoms with Crippen molar-refractivity contribution in [2.75, 3.05) is 24.7 Å². The summed E-state index contributed by atoms with van der Waals surface area (Å²) in [5.74, 6) is -0.999. The summed E-state index contributed by atoms with van der Waals surface area (Å²) in [7, 11) is 0. The maximum Gasteiger partial charge on any atom is 0.313 e. The van der Waals surface area contributed by atoms with Crippen molar-refractivity contribution in [2.24, 2.45) is 0 Å². The van der Waals surface area contributed by atoms with Gasteiger partial charge in [-0.15, -0.1) is 11.8 Å². The molecule has 0 atom stereocenters. The van der Waals surface area contributed by atoms with Gasteiger partial charge in [-0.1, -0.05) is 0 Å². The molecule has 0 saturated heterocycles. The highest BCUT2D eigenvalue weighted by Gasteiger charge is 2.03. The first-order chi connectivity index (χ1) is 9.08. The van der Waals surface area contributed by atoms with Gasteiger partial charge in [0.2, 0.25) is 5.91 Å². The molecule has 0 fully saturated rings. The lowest BCUT2D eigenvalue weighted by atomic mass is 10.3. The highest BCUT2D eigenvalue weighted by atomic mass is 32.2. The van der Waals surface area contributed by atoms with Crippen molar-refractivity contribution in [1.29, 1.82) is 0 Å². The van der Waals surface area contributed by atoms with Crippen LogP contribution in [0.3, 0.4) is 0 Å². The molecule has 1 aromatic carbocycles. The maximum absolute atomic E-state index is 12.6. The molecule has 1 amide bonds. The summed E-state index contributed by atoms with van der Waals surface area (Å²) in [6.07, 6.45) is 0. The molecular formula is C12H14FNO4S. The van der Waals surface area contributed by atoms with Crippen molar-refractivity contribution in [1.82, 2.24) is 5.32 Å². The molecule has 2 N–H and O–H groups in total. The van der Waals surface area contributed by atoms with Gasteiger partial charge >= 0.3 is 5.97 Å². The van der Waals surface area contributed by atoms with Gasteiger partial charge in [0.1, 0.15) is 18.2 Å². The van der Waals surface area contributed by atoms with Crippen LogP contribution in [0.25, 0.3) is 0 Å². The van der Waals surface area contributed by atoms with Gasteiger partial charge in [-0.2, -0.15) is 0 Å². The third-order valence-electron chi connectivity index (χ3n) is 1.97. The van der Waals surface area contributed by atoms with Crippen LogP contribution in [0.2, 0.25) is 0 Å². The molecule has 1 aromatic rings. The van der Waals surface area contributed by atoms with E-state index in [-0.39, 0.29) is 29.8 Å². The highest BCUT2D eigenvalue weighted by Crippen LogP contribution is 2.10. The van der Waals surface area contributed by atoms with Gasteiger partial charge in [0.15, 0.2) is 0 Å². The van der Waals surface area contributed by atoms with Gasteiger partial charge in [0.05, 0.1) is 18.1 Å². The summed E-state index contributed by atoms with van der Waals surface area (Å²) in [6, 6.07) is 5.58. The molecule has 0 heterocycles. The normalized spacial score (nSPS) is 9.95. The SMILES string of the molecule is O=C(O)CSCC(=O)NCCOc1ccc(F)cc1. The topological polar surface area (TPSA) is 75.6 Å². The zero-order valence-corrected chi connectivity index (χ0v) is 10.9. The quantitative estimate of drug-likeness (QED) is 0.701. The monoisotopic (exact) mass is 287 g/mol. The van der Waals surface area contributed by atoms with E-state index in [0.717, 1.165) is 11.8 Å². The third-order valence-corrected chi connectivity index (χ3v) is 2.88. The molecule has 0 aliphatic rings. The second kappa shape index (κ2) is 8.36. The number of thioether (sulfide) groups is 1. The Morgan fingerprint density at radius 3 is 2.58 bits per heavy atom. The van der Waals surface area contributed by atoms with Crippen molar-refractivity contribution in [2.45, 2.75) is 0 Å². The molecule has 0 unspecified atom stereocenters. The van der Waals surface area contributed by atoms with Crippen LogP contribution in [-0.2, 0) is 9.59 Å². The minimum Gasteiger partial charge on any atom is -0.492 e. The van der Waals surface area contributed by atoms with E-state index >= 15 is 0 Å². The van der Waals surface area contributed by atoms with Crippen LogP contribution in [0.4, 0.5) is 4.39 Å². The Labute approximate surface area is 114 Å². The molecule has 0 aliphatic heterocycles. The predicted octanol–water partition coefficient (Wildman–Crippen LogP) is 1.14. The van der Waals surface area contributed by atoms with Crippen LogP contribution in [0.5, 0.6) is 5.75 Å². The van der Waals surface area contributed by atoms with Crippen LogP contribution in [0.15, 0.2) is 24.3 Å². The zero-order valence-electron chi connectivity index (χ0n) is 10.1. The molecule has 0 saturated carbocycles. The van der Waals surface area contributed by atoms with Crippen LogP contribution < -0.4 is 10.1 Å². The van der Waals surface area contributed by atoms with Crippen molar-refractivity contribution in [3.63, 3.8) is 0 Å². The summed E-state index contributed by atoms with van der Waals surface area (Å²) in [4.78, 5) is 21.5. The number of rotatable bonds is 8. The summed E-state index contributed by atoms with van der Waals surface area (Å²) in [5, 5.41) is 11.0. The zero-order chi connectivity index (χ0) is 14.1. The van der Waals surface area contributed by atoms with Crippen molar-refractivity contribution in [3.8, 4) is 5.75 Å². The van der Waals surface area contributed by atoms with Crippen molar-refractivity contribution >= 4 is 23.6 Å². The molecule has 104 valence electrons. The smallest absolute Gasteiger partial charge is 0.313 e. The average Bonchev–Trinajstić information content (AvgIpc) is 2.36. The fraction of sp³-hybridized carbons (Fsp3) is 0.333. The van der Waals surface area contributed by atoms with Gasteiger partial charge in [0, 0.05) is 0 Å². The molecule has 0 radical (unpaired) electrons. The lowest BCUT2D eigenvalue weighted by Crippen LogP contribution is -2.29. The van der Waals surface area contributed by atoms with Gasteiger partial charge < -0.3 is 15.2 Å². The number of hydrogen-bond donors (Lipinski definition) is 2. The number of benzene rings is 1. The minimum atomic E-state index is -0.947. The summed E-state index contributed by atoms with van der Waals surface area (Å²) >= 11 is 1.03. The van der Waals surface area contributed by atoms with E-state index in [1.807, 2.05) is 0 Å². The number of halogens is 1. The Bertz CT molecular complexity index is 424. The molecule has 5 nitrogen and oxygen atoms in total. The molecule has 19 heavy (non-hydrogen) atoms. The van der Waals surface area contributed by atoms with E-state index in [0.29, 0.717) is 12.3 Å². The number of carbonyl (C=O) groups is 2. The van der Waals surface area contributed by atoms with Crippen LogP contribution in [0.1, 0.15) is 0 Å².